The van der Waals surface area contributed by atoms with Crippen LogP contribution in [0.15, 0.2) is 29.8 Å². The molecule has 1 heterocycles. The summed E-state index contributed by atoms with van der Waals surface area (Å²) in [6, 6.07) is 5.20. The zero-order chi connectivity index (χ0) is 15.5. The Morgan fingerprint density at radius 2 is 2.24 bits per heavy atom. The van der Waals surface area contributed by atoms with Gasteiger partial charge >= 0.3 is 5.97 Å². The van der Waals surface area contributed by atoms with Crippen molar-refractivity contribution in [3.8, 4) is 0 Å². The number of anilines is 2. The number of nitrogen functional groups attached to an aromatic ring is 1. The lowest BCUT2D eigenvalue weighted by atomic mass is 10.0. The first-order valence-corrected chi connectivity index (χ1v) is 7.57. The van der Waals surface area contributed by atoms with Gasteiger partial charge in [0.1, 0.15) is 5.01 Å². The molecule has 0 spiro atoms. The van der Waals surface area contributed by atoms with Crippen LogP contribution in [0.2, 0.25) is 0 Å². The molecule has 0 amide bonds. The van der Waals surface area contributed by atoms with Gasteiger partial charge in [0.05, 0.1) is 29.1 Å². The van der Waals surface area contributed by atoms with Crippen molar-refractivity contribution in [3.63, 3.8) is 0 Å². The molecular weight excluding hydrogens is 286 g/mol. The van der Waals surface area contributed by atoms with Crippen molar-refractivity contribution in [1.82, 2.24) is 4.98 Å². The van der Waals surface area contributed by atoms with Crippen LogP contribution < -0.4 is 11.1 Å². The third-order valence-corrected chi connectivity index (χ3v) is 4.09. The normalized spacial score (nSPS) is 11.2. The summed E-state index contributed by atoms with van der Waals surface area (Å²) in [4.78, 5) is 16.4. The van der Waals surface area contributed by atoms with Crippen LogP contribution in [0.4, 0.5) is 11.4 Å². The van der Waals surface area contributed by atoms with E-state index in [4.69, 9.17) is 10.5 Å². The number of para-hydroxylation sites is 1. The van der Waals surface area contributed by atoms with E-state index in [2.05, 4.69) is 10.3 Å². The molecule has 0 aliphatic heterocycles. The van der Waals surface area contributed by atoms with E-state index in [1.165, 1.54) is 0 Å². The lowest BCUT2D eigenvalue weighted by Crippen LogP contribution is -2.29. The third kappa shape index (κ3) is 3.33. The van der Waals surface area contributed by atoms with E-state index in [9.17, 15) is 4.79 Å². The molecule has 0 radical (unpaired) electrons. The first kappa shape index (κ1) is 15.3. The van der Waals surface area contributed by atoms with E-state index in [-0.39, 0.29) is 5.97 Å². The molecule has 0 unspecified atom stereocenters. The van der Waals surface area contributed by atoms with Crippen LogP contribution in [0.5, 0.6) is 0 Å². The van der Waals surface area contributed by atoms with Gasteiger partial charge in [0.2, 0.25) is 0 Å². The van der Waals surface area contributed by atoms with Crippen molar-refractivity contribution in [2.45, 2.75) is 26.3 Å². The second-order valence-electron chi connectivity index (χ2n) is 5.08. The van der Waals surface area contributed by atoms with Gasteiger partial charge in [-0.2, -0.15) is 0 Å². The fraction of sp³-hybridized carbons (Fsp3) is 0.333. The molecule has 21 heavy (non-hydrogen) atoms. The number of benzene rings is 1. The molecule has 3 N–H and O–H groups in total. The van der Waals surface area contributed by atoms with Crippen LogP contribution in [0.25, 0.3) is 0 Å². The number of hydrogen-bond acceptors (Lipinski definition) is 6. The van der Waals surface area contributed by atoms with Crippen LogP contribution in [0, 0.1) is 0 Å². The Morgan fingerprint density at radius 1 is 1.48 bits per heavy atom. The number of nitrogens with one attached hydrogen (secondary N) is 1. The quantitative estimate of drug-likeness (QED) is 0.655. The van der Waals surface area contributed by atoms with Crippen LogP contribution in [-0.2, 0) is 10.3 Å². The molecule has 5 nitrogen and oxygen atoms in total. The number of hydrogen-bond donors (Lipinski definition) is 2. The lowest BCUT2D eigenvalue weighted by Gasteiger charge is -2.27. The van der Waals surface area contributed by atoms with E-state index >= 15 is 0 Å². The summed E-state index contributed by atoms with van der Waals surface area (Å²) in [5.74, 6) is -0.387. The van der Waals surface area contributed by atoms with Gasteiger partial charge in [0, 0.05) is 11.6 Å². The predicted octanol–water partition coefficient (Wildman–Crippen LogP) is 3.25. The Kier molecular flexibility index (Phi) is 4.47. The van der Waals surface area contributed by atoms with Crippen molar-refractivity contribution >= 4 is 28.7 Å². The van der Waals surface area contributed by atoms with Gasteiger partial charge in [-0.05, 0) is 32.9 Å². The average molecular weight is 305 g/mol. The highest BCUT2D eigenvalue weighted by atomic mass is 32.1. The monoisotopic (exact) mass is 305 g/mol. The molecule has 0 aliphatic rings. The number of thiazole rings is 1. The number of aromatic nitrogens is 1. The summed E-state index contributed by atoms with van der Waals surface area (Å²) in [7, 11) is 0. The fourth-order valence-corrected chi connectivity index (χ4v) is 2.70. The van der Waals surface area contributed by atoms with Gasteiger partial charge in [-0.15, -0.1) is 11.3 Å². The van der Waals surface area contributed by atoms with Crippen molar-refractivity contribution in [2.24, 2.45) is 0 Å². The molecule has 1 aromatic carbocycles. The predicted molar refractivity (Wildman–Crippen MR) is 85.6 cm³/mol. The Hall–Kier alpha value is -2.08. The maximum Gasteiger partial charge on any atom is 0.340 e. The minimum Gasteiger partial charge on any atom is -0.462 e. The lowest BCUT2D eigenvalue weighted by molar-refractivity contribution is 0.0527. The largest absolute Gasteiger partial charge is 0.462 e. The minimum absolute atomic E-state index is 0.322. The maximum atomic E-state index is 12.1. The van der Waals surface area contributed by atoms with E-state index in [1.807, 2.05) is 19.2 Å². The van der Waals surface area contributed by atoms with Crippen molar-refractivity contribution in [1.29, 1.82) is 0 Å². The molecule has 0 atom stereocenters. The van der Waals surface area contributed by atoms with Crippen LogP contribution >= 0.6 is 11.3 Å². The Labute approximate surface area is 128 Å². The summed E-state index contributed by atoms with van der Waals surface area (Å²) in [5, 5.41) is 6.15. The summed E-state index contributed by atoms with van der Waals surface area (Å²) in [6.07, 6.45) is 1.75. The molecule has 1 aromatic heterocycles. The van der Waals surface area contributed by atoms with E-state index < -0.39 is 5.54 Å². The van der Waals surface area contributed by atoms with Crippen LogP contribution in [-0.4, -0.2) is 17.6 Å². The summed E-state index contributed by atoms with van der Waals surface area (Å²) in [6.45, 7) is 6.08. The summed E-state index contributed by atoms with van der Waals surface area (Å²) in [5.41, 5.74) is 7.11. The van der Waals surface area contributed by atoms with Gasteiger partial charge in [0.25, 0.3) is 0 Å². The molecule has 2 aromatic rings. The van der Waals surface area contributed by atoms with Crippen molar-refractivity contribution in [3.05, 3.63) is 40.3 Å². The minimum atomic E-state index is -0.440. The molecule has 112 valence electrons. The smallest absolute Gasteiger partial charge is 0.340 e. The zero-order valence-electron chi connectivity index (χ0n) is 12.3. The van der Waals surface area contributed by atoms with Crippen molar-refractivity contribution in [2.75, 3.05) is 17.7 Å². The number of nitrogens with zero attached hydrogens (tertiary/aromatic N) is 1. The Balaban J connectivity index is 2.37. The van der Waals surface area contributed by atoms with E-state index in [1.54, 1.807) is 42.7 Å². The first-order valence-electron chi connectivity index (χ1n) is 6.69. The highest BCUT2D eigenvalue weighted by Crippen LogP contribution is 2.32. The standard InChI is InChI=1S/C15H19N3O2S/c1-4-20-13(19)10-6-5-7-11(16)12(10)18-15(2,3)14-17-8-9-21-14/h5-9,18H,4,16H2,1-3H3. The second-order valence-corrected chi connectivity index (χ2v) is 5.97. The third-order valence-electron chi connectivity index (χ3n) is 3.00. The number of ether oxygens (including phenoxy) is 1. The molecule has 0 saturated heterocycles. The zero-order valence-corrected chi connectivity index (χ0v) is 13.2. The van der Waals surface area contributed by atoms with Crippen LogP contribution in [0.3, 0.4) is 0 Å². The van der Waals surface area contributed by atoms with E-state index in [0.717, 1.165) is 5.01 Å². The highest BCUT2D eigenvalue weighted by molar-refractivity contribution is 7.09. The molecule has 6 heteroatoms. The summed E-state index contributed by atoms with van der Waals surface area (Å²) >= 11 is 1.55. The molecule has 0 saturated carbocycles. The average Bonchev–Trinajstić information content (AvgIpc) is 2.96. The molecule has 0 bridgehead atoms. The Bertz CT molecular complexity index is 624. The van der Waals surface area contributed by atoms with Gasteiger partial charge in [-0.1, -0.05) is 6.07 Å². The summed E-state index contributed by atoms with van der Waals surface area (Å²) < 4.78 is 5.08. The number of carbonyl (C=O) groups is 1. The first-order chi connectivity index (χ1) is 9.95. The van der Waals surface area contributed by atoms with Crippen LogP contribution in [0.1, 0.15) is 36.1 Å². The van der Waals surface area contributed by atoms with Gasteiger partial charge in [-0.25, -0.2) is 9.78 Å². The number of carbonyl (C=O) groups excluding carboxylic acids is 1. The fourth-order valence-electron chi connectivity index (χ4n) is 1.99. The Morgan fingerprint density at radius 3 is 2.86 bits per heavy atom. The molecular formula is C15H19N3O2S. The van der Waals surface area contributed by atoms with Gasteiger partial charge < -0.3 is 15.8 Å². The number of esters is 1. The SMILES string of the molecule is CCOC(=O)c1cccc(N)c1NC(C)(C)c1nccs1. The topological polar surface area (TPSA) is 77.2 Å². The molecule has 2 rings (SSSR count). The van der Waals surface area contributed by atoms with Crippen molar-refractivity contribution < 1.29 is 9.53 Å². The highest BCUT2D eigenvalue weighted by Gasteiger charge is 2.26. The second kappa shape index (κ2) is 6.13. The van der Waals surface area contributed by atoms with Gasteiger partial charge in [-0.3, -0.25) is 0 Å². The number of nitrogens with two attached hydrogens (primary N) is 1. The van der Waals surface area contributed by atoms with Gasteiger partial charge in [0.15, 0.2) is 0 Å². The molecule has 0 fully saturated rings. The number of rotatable bonds is 5. The maximum absolute atomic E-state index is 12.1. The van der Waals surface area contributed by atoms with E-state index in [0.29, 0.717) is 23.5 Å². The molecule has 0 aliphatic carbocycles.